The van der Waals surface area contributed by atoms with Crippen molar-refractivity contribution in [2.75, 3.05) is 66.1 Å². The van der Waals surface area contributed by atoms with Gasteiger partial charge in [-0.3, -0.25) is 4.90 Å². The summed E-state index contributed by atoms with van der Waals surface area (Å²) < 4.78 is 4.99. The molecule has 16 heavy (non-hydrogen) atoms. The number of nitrogens with one attached hydrogen (secondary N) is 1. The van der Waals surface area contributed by atoms with Crippen LogP contribution in [-0.4, -0.2) is 75.9 Å². The Morgan fingerprint density at radius 3 is 2.19 bits per heavy atom. The SMILES string of the molecule is CCCN1CCN(CCNCCOC)CC1. The molecule has 1 saturated heterocycles. The lowest BCUT2D eigenvalue weighted by molar-refractivity contribution is 0.132. The van der Waals surface area contributed by atoms with Gasteiger partial charge in [0.2, 0.25) is 0 Å². The number of piperazine rings is 1. The van der Waals surface area contributed by atoms with Gasteiger partial charge in [0.25, 0.3) is 0 Å². The van der Waals surface area contributed by atoms with Crippen molar-refractivity contribution < 1.29 is 4.74 Å². The van der Waals surface area contributed by atoms with Gasteiger partial charge in [0, 0.05) is 52.9 Å². The first-order valence-corrected chi connectivity index (χ1v) is 6.51. The highest BCUT2D eigenvalue weighted by Gasteiger charge is 2.14. The van der Waals surface area contributed by atoms with E-state index in [9.17, 15) is 0 Å². The number of hydrogen-bond acceptors (Lipinski definition) is 4. The zero-order valence-electron chi connectivity index (χ0n) is 10.9. The number of methoxy groups -OCH3 is 1. The maximum absolute atomic E-state index is 4.99. The molecule has 0 aromatic carbocycles. The minimum atomic E-state index is 0.810. The molecule has 1 N–H and O–H groups in total. The van der Waals surface area contributed by atoms with Crippen molar-refractivity contribution in [1.82, 2.24) is 15.1 Å². The summed E-state index contributed by atoms with van der Waals surface area (Å²) in [6.45, 7) is 12.5. The van der Waals surface area contributed by atoms with E-state index in [2.05, 4.69) is 22.0 Å². The molecule has 0 aliphatic carbocycles. The van der Waals surface area contributed by atoms with Gasteiger partial charge >= 0.3 is 0 Å². The Labute approximate surface area is 99.9 Å². The van der Waals surface area contributed by atoms with Gasteiger partial charge in [-0.25, -0.2) is 0 Å². The smallest absolute Gasteiger partial charge is 0.0587 e. The Balaban J connectivity index is 1.95. The van der Waals surface area contributed by atoms with E-state index in [4.69, 9.17) is 4.74 Å². The predicted molar refractivity (Wildman–Crippen MR) is 67.9 cm³/mol. The van der Waals surface area contributed by atoms with E-state index in [1.807, 2.05) is 0 Å². The molecule has 4 heteroatoms. The van der Waals surface area contributed by atoms with Crippen molar-refractivity contribution in [2.24, 2.45) is 0 Å². The Bertz CT molecular complexity index is 158. The number of ether oxygens (including phenoxy) is 1. The van der Waals surface area contributed by atoms with Gasteiger partial charge in [0.05, 0.1) is 6.61 Å². The monoisotopic (exact) mass is 229 g/mol. The van der Waals surface area contributed by atoms with Crippen molar-refractivity contribution in [2.45, 2.75) is 13.3 Å². The van der Waals surface area contributed by atoms with Gasteiger partial charge in [-0.1, -0.05) is 6.92 Å². The first kappa shape index (κ1) is 13.9. The van der Waals surface area contributed by atoms with Crippen molar-refractivity contribution in [1.29, 1.82) is 0 Å². The van der Waals surface area contributed by atoms with Crippen LogP contribution in [0.3, 0.4) is 0 Å². The van der Waals surface area contributed by atoms with Crippen molar-refractivity contribution in [3.63, 3.8) is 0 Å². The topological polar surface area (TPSA) is 27.7 Å². The first-order valence-electron chi connectivity index (χ1n) is 6.51. The number of hydrogen-bond donors (Lipinski definition) is 1. The normalized spacial score (nSPS) is 19.1. The second kappa shape index (κ2) is 8.93. The quantitative estimate of drug-likeness (QED) is 0.604. The second-order valence-electron chi connectivity index (χ2n) is 4.43. The van der Waals surface area contributed by atoms with Crippen LogP contribution in [0.25, 0.3) is 0 Å². The van der Waals surface area contributed by atoms with Crippen LogP contribution in [0.5, 0.6) is 0 Å². The molecular weight excluding hydrogens is 202 g/mol. The zero-order chi connectivity index (χ0) is 11.6. The molecule has 0 spiro atoms. The molecule has 1 heterocycles. The van der Waals surface area contributed by atoms with Crippen LogP contribution >= 0.6 is 0 Å². The summed E-state index contributed by atoms with van der Waals surface area (Å²) in [5.74, 6) is 0. The van der Waals surface area contributed by atoms with Gasteiger partial charge in [0.15, 0.2) is 0 Å². The Kier molecular flexibility index (Phi) is 7.76. The molecular formula is C12H27N3O. The van der Waals surface area contributed by atoms with Gasteiger partial charge in [-0.15, -0.1) is 0 Å². The maximum atomic E-state index is 4.99. The standard InChI is InChI=1S/C12H27N3O/c1-3-6-14-8-10-15(11-9-14)7-4-13-5-12-16-2/h13H,3-12H2,1-2H3. The molecule has 0 amide bonds. The molecule has 1 fully saturated rings. The summed E-state index contributed by atoms with van der Waals surface area (Å²) in [7, 11) is 1.74. The third kappa shape index (κ3) is 5.80. The van der Waals surface area contributed by atoms with E-state index >= 15 is 0 Å². The average molecular weight is 229 g/mol. The van der Waals surface area contributed by atoms with Crippen LogP contribution in [0.2, 0.25) is 0 Å². The highest BCUT2D eigenvalue weighted by Crippen LogP contribution is 2.01. The summed E-state index contributed by atoms with van der Waals surface area (Å²) in [6, 6.07) is 0. The molecule has 0 aromatic rings. The fourth-order valence-electron chi connectivity index (χ4n) is 2.09. The van der Waals surface area contributed by atoms with Crippen LogP contribution in [-0.2, 0) is 4.74 Å². The lowest BCUT2D eigenvalue weighted by atomic mass is 10.3. The van der Waals surface area contributed by atoms with E-state index < -0.39 is 0 Å². The van der Waals surface area contributed by atoms with Gasteiger partial charge in [-0.05, 0) is 13.0 Å². The van der Waals surface area contributed by atoms with Gasteiger partial charge in [0.1, 0.15) is 0 Å². The molecule has 0 saturated carbocycles. The highest BCUT2D eigenvalue weighted by molar-refractivity contribution is 4.71. The molecule has 96 valence electrons. The fourth-order valence-corrected chi connectivity index (χ4v) is 2.09. The lowest BCUT2D eigenvalue weighted by Gasteiger charge is -2.34. The largest absolute Gasteiger partial charge is 0.383 e. The van der Waals surface area contributed by atoms with Crippen molar-refractivity contribution in [3.8, 4) is 0 Å². The maximum Gasteiger partial charge on any atom is 0.0587 e. The third-order valence-corrected chi connectivity index (χ3v) is 3.09. The van der Waals surface area contributed by atoms with Crippen LogP contribution in [0, 0.1) is 0 Å². The minimum absolute atomic E-state index is 0.810. The van der Waals surface area contributed by atoms with E-state index in [0.29, 0.717) is 0 Å². The molecule has 0 unspecified atom stereocenters. The number of nitrogens with zero attached hydrogens (tertiary/aromatic N) is 2. The highest BCUT2D eigenvalue weighted by atomic mass is 16.5. The summed E-state index contributed by atoms with van der Waals surface area (Å²) in [6.07, 6.45) is 1.28. The van der Waals surface area contributed by atoms with Crippen LogP contribution in [0.1, 0.15) is 13.3 Å². The van der Waals surface area contributed by atoms with E-state index in [1.165, 1.54) is 45.7 Å². The van der Waals surface area contributed by atoms with Crippen LogP contribution < -0.4 is 5.32 Å². The van der Waals surface area contributed by atoms with E-state index in [1.54, 1.807) is 7.11 Å². The fraction of sp³-hybridized carbons (Fsp3) is 1.00. The predicted octanol–water partition coefficient (Wildman–Crippen LogP) is 0.250. The molecule has 0 atom stereocenters. The minimum Gasteiger partial charge on any atom is -0.383 e. The summed E-state index contributed by atoms with van der Waals surface area (Å²) >= 11 is 0. The van der Waals surface area contributed by atoms with Crippen molar-refractivity contribution in [3.05, 3.63) is 0 Å². The molecule has 4 nitrogen and oxygen atoms in total. The average Bonchev–Trinajstić information content (AvgIpc) is 2.31. The summed E-state index contributed by atoms with van der Waals surface area (Å²) in [4.78, 5) is 5.11. The summed E-state index contributed by atoms with van der Waals surface area (Å²) in [5.41, 5.74) is 0. The number of rotatable bonds is 8. The van der Waals surface area contributed by atoms with Crippen LogP contribution in [0.15, 0.2) is 0 Å². The van der Waals surface area contributed by atoms with E-state index in [0.717, 1.165) is 19.7 Å². The van der Waals surface area contributed by atoms with E-state index in [-0.39, 0.29) is 0 Å². The van der Waals surface area contributed by atoms with Crippen LogP contribution in [0.4, 0.5) is 0 Å². The summed E-state index contributed by atoms with van der Waals surface area (Å²) in [5, 5.41) is 3.39. The first-order chi connectivity index (χ1) is 7.86. The molecule has 1 aliphatic rings. The second-order valence-corrected chi connectivity index (χ2v) is 4.43. The zero-order valence-corrected chi connectivity index (χ0v) is 10.9. The Morgan fingerprint density at radius 2 is 1.62 bits per heavy atom. The molecule has 0 bridgehead atoms. The van der Waals surface area contributed by atoms with Gasteiger partial charge in [-0.2, -0.15) is 0 Å². The van der Waals surface area contributed by atoms with Crippen molar-refractivity contribution >= 4 is 0 Å². The van der Waals surface area contributed by atoms with Gasteiger partial charge < -0.3 is 15.0 Å². The third-order valence-electron chi connectivity index (χ3n) is 3.09. The molecule has 1 aliphatic heterocycles. The lowest BCUT2D eigenvalue weighted by Crippen LogP contribution is -2.48. The Morgan fingerprint density at radius 1 is 1.00 bits per heavy atom. The molecule has 0 radical (unpaired) electrons. The Hall–Kier alpha value is -0.160. The molecule has 1 rings (SSSR count). The molecule has 0 aromatic heterocycles.